The summed E-state index contributed by atoms with van der Waals surface area (Å²) in [5, 5.41) is 8.67. The molecule has 0 radical (unpaired) electrons. The second-order valence-electron chi connectivity index (χ2n) is 4.56. The molecule has 3 rings (SSSR count). The van der Waals surface area contributed by atoms with Gasteiger partial charge in [-0.05, 0) is 42.9 Å². The predicted molar refractivity (Wildman–Crippen MR) is 68.9 cm³/mol. The van der Waals surface area contributed by atoms with Crippen LogP contribution in [0.4, 0.5) is 0 Å². The van der Waals surface area contributed by atoms with E-state index in [0.29, 0.717) is 0 Å². The molecular formula is C15H16N2. The van der Waals surface area contributed by atoms with Crippen molar-refractivity contribution >= 4 is 0 Å². The van der Waals surface area contributed by atoms with Gasteiger partial charge >= 0.3 is 0 Å². The molecule has 86 valence electrons. The minimum absolute atomic E-state index is 0.947. The quantitative estimate of drug-likeness (QED) is 0.743. The Hall–Kier alpha value is -1.70. The van der Waals surface area contributed by atoms with Crippen molar-refractivity contribution in [2.45, 2.75) is 32.6 Å². The third-order valence-corrected chi connectivity index (χ3v) is 3.45. The van der Waals surface area contributed by atoms with Gasteiger partial charge in [-0.2, -0.15) is 10.2 Å². The minimum Gasteiger partial charge on any atom is -0.155 e. The summed E-state index contributed by atoms with van der Waals surface area (Å²) < 4.78 is 0. The molecule has 0 saturated heterocycles. The highest BCUT2D eigenvalue weighted by Gasteiger charge is 2.15. The van der Waals surface area contributed by atoms with Crippen molar-refractivity contribution in [1.29, 1.82) is 0 Å². The summed E-state index contributed by atoms with van der Waals surface area (Å²) in [6.07, 6.45) is 4.31. The molecule has 0 amide bonds. The highest BCUT2D eigenvalue weighted by atomic mass is 15.1. The third-order valence-electron chi connectivity index (χ3n) is 3.45. The summed E-state index contributed by atoms with van der Waals surface area (Å²) in [5.74, 6) is 0. The Bertz CT molecular complexity index is 546. The molecule has 1 aliphatic rings. The van der Waals surface area contributed by atoms with E-state index >= 15 is 0 Å². The van der Waals surface area contributed by atoms with E-state index in [1.165, 1.54) is 23.1 Å². The van der Waals surface area contributed by atoms with E-state index in [9.17, 15) is 0 Å². The Balaban J connectivity index is 2.23. The standard InChI is InChI=1S/C15H16N2/c1-2-12-10-14-13-8-4-3-6-11(13)7-5-9-15(14)17-16-12/h3-4,6,8,10H,2,5,7,9H2,1H3. The molecule has 0 fully saturated rings. The van der Waals surface area contributed by atoms with Gasteiger partial charge in [-0.15, -0.1) is 0 Å². The molecule has 0 bridgehead atoms. The van der Waals surface area contributed by atoms with Gasteiger partial charge in [0.2, 0.25) is 0 Å². The number of rotatable bonds is 1. The summed E-state index contributed by atoms with van der Waals surface area (Å²) in [5.41, 5.74) is 6.34. The second-order valence-corrected chi connectivity index (χ2v) is 4.56. The van der Waals surface area contributed by atoms with Crippen LogP contribution in [0.1, 0.15) is 30.3 Å². The molecule has 0 aliphatic heterocycles. The van der Waals surface area contributed by atoms with Gasteiger partial charge in [-0.25, -0.2) is 0 Å². The average Bonchev–Trinajstić information content (AvgIpc) is 2.57. The van der Waals surface area contributed by atoms with Gasteiger partial charge < -0.3 is 0 Å². The van der Waals surface area contributed by atoms with Gasteiger partial charge in [-0.1, -0.05) is 31.2 Å². The zero-order chi connectivity index (χ0) is 11.7. The Kier molecular flexibility index (Phi) is 2.63. The lowest BCUT2D eigenvalue weighted by molar-refractivity contribution is 0.782. The zero-order valence-electron chi connectivity index (χ0n) is 10.1. The molecule has 2 nitrogen and oxygen atoms in total. The van der Waals surface area contributed by atoms with Crippen LogP contribution in [0.5, 0.6) is 0 Å². The van der Waals surface area contributed by atoms with Crippen LogP contribution in [-0.4, -0.2) is 10.2 Å². The first kappa shape index (κ1) is 10.5. The highest BCUT2D eigenvalue weighted by Crippen LogP contribution is 2.31. The van der Waals surface area contributed by atoms with Crippen molar-refractivity contribution in [3.63, 3.8) is 0 Å². The predicted octanol–water partition coefficient (Wildman–Crippen LogP) is 3.19. The van der Waals surface area contributed by atoms with Crippen LogP contribution >= 0.6 is 0 Å². The van der Waals surface area contributed by atoms with Crippen LogP contribution in [0, 0.1) is 0 Å². The van der Waals surface area contributed by atoms with E-state index in [-0.39, 0.29) is 0 Å². The molecule has 0 saturated carbocycles. The SMILES string of the molecule is CCc1cc2c(nn1)CCCc1ccccc1-2. The number of hydrogen-bond donors (Lipinski definition) is 0. The monoisotopic (exact) mass is 224 g/mol. The van der Waals surface area contributed by atoms with Gasteiger partial charge in [-0.3, -0.25) is 0 Å². The fourth-order valence-corrected chi connectivity index (χ4v) is 2.50. The van der Waals surface area contributed by atoms with Crippen LogP contribution in [0.15, 0.2) is 30.3 Å². The minimum atomic E-state index is 0.947. The summed E-state index contributed by atoms with van der Waals surface area (Å²) in [6.45, 7) is 2.12. The first-order chi connectivity index (χ1) is 8.38. The lowest BCUT2D eigenvalue weighted by Crippen LogP contribution is -1.99. The van der Waals surface area contributed by atoms with Gasteiger partial charge in [0, 0.05) is 5.56 Å². The molecular weight excluding hydrogens is 208 g/mol. The summed E-state index contributed by atoms with van der Waals surface area (Å²) >= 11 is 0. The highest BCUT2D eigenvalue weighted by molar-refractivity contribution is 5.70. The Morgan fingerprint density at radius 3 is 2.82 bits per heavy atom. The third kappa shape index (κ3) is 1.84. The van der Waals surface area contributed by atoms with Crippen molar-refractivity contribution in [3.05, 3.63) is 47.3 Å². The normalized spacial score (nSPS) is 13.7. The number of aromatic nitrogens is 2. The van der Waals surface area contributed by atoms with E-state index in [2.05, 4.69) is 47.5 Å². The van der Waals surface area contributed by atoms with Crippen molar-refractivity contribution in [2.24, 2.45) is 0 Å². The molecule has 2 aromatic rings. The molecule has 0 unspecified atom stereocenters. The van der Waals surface area contributed by atoms with E-state index in [4.69, 9.17) is 0 Å². The first-order valence-electron chi connectivity index (χ1n) is 6.32. The zero-order valence-corrected chi connectivity index (χ0v) is 10.1. The van der Waals surface area contributed by atoms with Gasteiger partial charge in [0.25, 0.3) is 0 Å². The average molecular weight is 224 g/mol. The number of nitrogens with zero attached hydrogens (tertiary/aromatic N) is 2. The maximum atomic E-state index is 4.40. The molecule has 0 N–H and O–H groups in total. The van der Waals surface area contributed by atoms with Gasteiger partial charge in [0.15, 0.2) is 0 Å². The molecule has 1 aromatic heterocycles. The number of hydrogen-bond acceptors (Lipinski definition) is 2. The lowest BCUT2D eigenvalue weighted by atomic mass is 9.99. The fraction of sp³-hybridized carbons (Fsp3) is 0.333. The number of benzene rings is 1. The van der Waals surface area contributed by atoms with E-state index in [1.54, 1.807) is 0 Å². The molecule has 0 atom stereocenters. The maximum Gasteiger partial charge on any atom is 0.0709 e. The number of fused-ring (bicyclic) bond motifs is 3. The molecule has 17 heavy (non-hydrogen) atoms. The summed E-state index contributed by atoms with van der Waals surface area (Å²) in [6, 6.07) is 10.9. The Labute approximate surface area is 102 Å². The number of aryl methyl sites for hydroxylation is 3. The second kappa shape index (κ2) is 4.28. The molecule has 1 heterocycles. The van der Waals surface area contributed by atoms with E-state index < -0.39 is 0 Å². The fourth-order valence-electron chi connectivity index (χ4n) is 2.50. The van der Waals surface area contributed by atoms with Gasteiger partial charge in [0.05, 0.1) is 11.4 Å². The van der Waals surface area contributed by atoms with Crippen molar-refractivity contribution in [2.75, 3.05) is 0 Å². The van der Waals surface area contributed by atoms with Crippen LogP contribution in [0.25, 0.3) is 11.1 Å². The van der Waals surface area contributed by atoms with Crippen LogP contribution in [-0.2, 0) is 19.3 Å². The van der Waals surface area contributed by atoms with Crippen molar-refractivity contribution in [1.82, 2.24) is 10.2 Å². The molecule has 1 aromatic carbocycles. The largest absolute Gasteiger partial charge is 0.155 e. The smallest absolute Gasteiger partial charge is 0.0709 e. The Morgan fingerprint density at radius 1 is 1.06 bits per heavy atom. The molecule has 1 aliphatic carbocycles. The Morgan fingerprint density at radius 2 is 1.94 bits per heavy atom. The van der Waals surface area contributed by atoms with Gasteiger partial charge in [0.1, 0.15) is 0 Å². The van der Waals surface area contributed by atoms with E-state index in [0.717, 1.165) is 30.7 Å². The maximum absolute atomic E-state index is 4.40. The van der Waals surface area contributed by atoms with Crippen LogP contribution in [0.3, 0.4) is 0 Å². The first-order valence-corrected chi connectivity index (χ1v) is 6.32. The topological polar surface area (TPSA) is 25.8 Å². The van der Waals surface area contributed by atoms with Crippen molar-refractivity contribution in [3.8, 4) is 11.1 Å². The van der Waals surface area contributed by atoms with Crippen molar-refractivity contribution < 1.29 is 0 Å². The van der Waals surface area contributed by atoms with Crippen LogP contribution < -0.4 is 0 Å². The molecule has 2 heteroatoms. The summed E-state index contributed by atoms with van der Waals surface area (Å²) in [7, 11) is 0. The molecule has 0 spiro atoms. The summed E-state index contributed by atoms with van der Waals surface area (Å²) in [4.78, 5) is 0. The van der Waals surface area contributed by atoms with E-state index in [1.807, 2.05) is 0 Å². The van der Waals surface area contributed by atoms with Crippen LogP contribution in [0.2, 0.25) is 0 Å². The lowest BCUT2D eigenvalue weighted by Gasteiger charge is -2.08.